The average molecular weight is 418 g/mol. The lowest BCUT2D eigenvalue weighted by atomic mass is 10.1. The number of hydrogen-bond donors (Lipinski definition) is 0. The van der Waals surface area contributed by atoms with Crippen LogP contribution in [0, 0.1) is 0 Å². The van der Waals surface area contributed by atoms with E-state index in [1.165, 1.54) is 19.1 Å². The van der Waals surface area contributed by atoms with Gasteiger partial charge in [0, 0.05) is 24.3 Å². The Kier molecular flexibility index (Phi) is 6.73. The number of hydrogen-bond acceptors (Lipinski definition) is 8. The topological polar surface area (TPSA) is 94.6 Å². The molecule has 0 bridgehead atoms. The molecular weight excluding hydrogens is 392 g/mol. The van der Waals surface area contributed by atoms with E-state index < -0.39 is 11.9 Å². The van der Waals surface area contributed by atoms with E-state index in [0.29, 0.717) is 24.3 Å². The zero-order chi connectivity index (χ0) is 21.8. The third-order valence-electron chi connectivity index (χ3n) is 4.97. The van der Waals surface area contributed by atoms with E-state index in [0.717, 1.165) is 0 Å². The molecule has 162 valence electrons. The number of rotatable bonds is 4. The second kappa shape index (κ2) is 9.27. The first-order valence-corrected chi connectivity index (χ1v) is 9.65. The minimum absolute atomic E-state index is 0.0213. The Balaban J connectivity index is 1.86. The summed E-state index contributed by atoms with van der Waals surface area (Å²) >= 11 is 0. The minimum atomic E-state index is -0.671. The van der Waals surface area contributed by atoms with Gasteiger partial charge < -0.3 is 28.7 Å². The fourth-order valence-electron chi connectivity index (χ4n) is 3.66. The number of nitrogens with zero attached hydrogens (tertiary/aromatic N) is 2. The van der Waals surface area contributed by atoms with E-state index in [-0.39, 0.29) is 42.7 Å². The molecule has 1 amide bonds. The standard InChI is InChI=1S/C21H26N2O7/c1-13-9-22(10-14(2)30-13)19(24)15-5-7-16(8-6-15)23-12-29-11-17(20(25)27-3)18(23)21(26)28-4/h5-8,13-14H,9-12H2,1-4H3. The summed E-state index contributed by atoms with van der Waals surface area (Å²) in [4.78, 5) is 40.6. The third-order valence-corrected chi connectivity index (χ3v) is 4.97. The van der Waals surface area contributed by atoms with Crippen molar-refractivity contribution in [3.05, 3.63) is 41.1 Å². The summed E-state index contributed by atoms with van der Waals surface area (Å²) in [6.07, 6.45) is -0.0427. The Morgan fingerprint density at radius 2 is 1.57 bits per heavy atom. The Labute approximate surface area is 175 Å². The van der Waals surface area contributed by atoms with Crippen LogP contribution in [-0.4, -0.2) is 75.6 Å². The maximum absolute atomic E-state index is 12.9. The van der Waals surface area contributed by atoms with Crippen LogP contribution in [0.3, 0.4) is 0 Å². The predicted molar refractivity (Wildman–Crippen MR) is 107 cm³/mol. The number of ether oxygens (including phenoxy) is 4. The Bertz CT molecular complexity index is 839. The molecule has 0 aliphatic carbocycles. The number of anilines is 1. The first kappa shape index (κ1) is 21.8. The van der Waals surface area contributed by atoms with E-state index in [4.69, 9.17) is 18.9 Å². The van der Waals surface area contributed by atoms with Crippen LogP contribution < -0.4 is 4.90 Å². The number of benzene rings is 1. The summed E-state index contributed by atoms with van der Waals surface area (Å²) in [5, 5.41) is 0. The molecule has 0 N–H and O–H groups in total. The summed E-state index contributed by atoms with van der Waals surface area (Å²) in [6.45, 7) is 4.93. The quantitative estimate of drug-likeness (QED) is 0.676. The molecule has 1 aromatic carbocycles. The third kappa shape index (κ3) is 4.47. The van der Waals surface area contributed by atoms with E-state index in [1.807, 2.05) is 13.8 Å². The van der Waals surface area contributed by atoms with Gasteiger partial charge in [-0.25, -0.2) is 9.59 Å². The molecule has 0 aromatic heterocycles. The molecule has 2 unspecified atom stereocenters. The molecule has 0 spiro atoms. The van der Waals surface area contributed by atoms with Crippen molar-refractivity contribution in [1.82, 2.24) is 4.90 Å². The van der Waals surface area contributed by atoms with Crippen molar-refractivity contribution in [2.75, 3.05) is 45.5 Å². The van der Waals surface area contributed by atoms with E-state index in [2.05, 4.69) is 0 Å². The summed E-state index contributed by atoms with van der Waals surface area (Å²) in [5.74, 6) is -1.42. The molecule has 30 heavy (non-hydrogen) atoms. The molecule has 2 aliphatic rings. The smallest absolute Gasteiger partial charge is 0.355 e. The molecule has 2 atom stereocenters. The molecule has 9 heteroatoms. The number of methoxy groups -OCH3 is 2. The zero-order valence-electron chi connectivity index (χ0n) is 17.5. The zero-order valence-corrected chi connectivity index (χ0v) is 17.5. The number of morpholine rings is 1. The van der Waals surface area contributed by atoms with Crippen LogP contribution in [0.5, 0.6) is 0 Å². The minimum Gasteiger partial charge on any atom is -0.466 e. The van der Waals surface area contributed by atoms with Crippen molar-refractivity contribution < 1.29 is 33.3 Å². The second-order valence-electron chi connectivity index (χ2n) is 7.23. The van der Waals surface area contributed by atoms with Gasteiger partial charge in [-0.05, 0) is 38.1 Å². The molecule has 2 aliphatic heterocycles. The van der Waals surface area contributed by atoms with Crippen LogP contribution in [0.4, 0.5) is 5.69 Å². The van der Waals surface area contributed by atoms with Gasteiger partial charge in [0.05, 0.1) is 38.6 Å². The van der Waals surface area contributed by atoms with Crippen molar-refractivity contribution in [1.29, 1.82) is 0 Å². The largest absolute Gasteiger partial charge is 0.466 e. The fraction of sp³-hybridized carbons (Fsp3) is 0.476. The van der Waals surface area contributed by atoms with Gasteiger partial charge in [-0.2, -0.15) is 0 Å². The van der Waals surface area contributed by atoms with Gasteiger partial charge in [-0.15, -0.1) is 0 Å². The van der Waals surface area contributed by atoms with Crippen molar-refractivity contribution in [3.63, 3.8) is 0 Å². The first-order chi connectivity index (χ1) is 14.3. The van der Waals surface area contributed by atoms with Gasteiger partial charge >= 0.3 is 11.9 Å². The molecule has 2 heterocycles. The average Bonchev–Trinajstić information content (AvgIpc) is 2.76. The van der Waals surface area contributed by atoms with E-state index in [1.54, 1.807) is 29.2 Å². The highest BCUT2D eigenvalue weighted by Gasteiger charge is 2.33. The fourth-order valence-corrected chi connectivity index (χ4v) is 3.66. The Morgan fingerprint density at radius 1 is 0.967 bits per heavy atom. The number of esters is 2. The van der Waals surface area contributed by atoms with Gasteiger partial charge in [0.25, 0.3) is 5.91 Å². The second-order valence-corrected chi connectivity index (χ2v) is 7.23. The summed E-state index contributed by atoms with van der Waals surface area (Å²) < 4.78 is 20.8. The number of carbonyl (C=O) groups is 3. The van der Waals surface area contributed by atoms with E-state index >= 15 is 0 Å². The summed E-state index contributed by atoms with van der Waals surface area (Å²) in [5.41, 5.74) is 1.24. The van der Waals surface area contributed by atoms with Gasteiger partial charge in [0.2, 0.25) is 0 Å². The van der Waals surface area contributed by atoms with Gasteiger partial charge in [-0.3, -0.25) is 4.79 Å². The van der Waals surface area contributed by atoms with Crippen LogP contribution in [-0.2, 0) is 28.5 Å². The van der Waals surface area contributed by atoms with Crippen LogP contribution in [0.25, 0.3) is 0 Å². The van der Waals surface area contributed by atoms with Crippen LogP contribution in [0.15, 0.2) is 35.5 Å². The molecule has 1 aromatic rings. The highest BCUT2D eigenvalue weighted by molar-refractivity contribution is 6.03. The van der Waals surface area contributed by atoms with Gasteiger partial charge in [0.15, 0.2) is 0 Å². The Hall–Kier alpha value is -2.91. The van der Waals surface area contributed by atoms with Crippen LogP contribution >= 0.6 is 0 Å². The van der Waals surface area contributed by atoms with Crippen molar-refractivity contribution in [2.24, 2.45) is 0 Å². The summed E-state index contributed by atoms with van der Waals surface area (Å²) in [7, 11) is 2.47. The van der Waals surface area contributed by atoms with E-state index in [9.17, 15) is 14.4 Å². The van der Waals surface area contributed by atoms with Crippen LogP contribution in [0.1, 0.15) is 24.2 Å². The maximum Gasteiger partial charge on any atom is 0.355 e. The molecule has 0 saturated carbocycles. The number of amides is 1. The number of carbonyl (C=O) groups excluding carboxylic acids is 3. The highest BCUT2D eigenvalue weighted by atomic mass is 16.5. The molecule has 1 fully saturated rings. The SMILES string of the molecule is COC(=O)C1=C(C(=O)OC)N(c2ccc(C(=O)N3CC(C)OC(C)C3)cc2)COC1. The lowest BCUT2D eigenvalue weighted by Gasteiger charge is -2.35. The van der Waals surface area contributed by atoms with Crippen molar-refractivity contribution in [3.8, 4) is 0 Å². The van der Waals surface area contributed by atoms with Crippen molar-refractivity contribution in [2.45, 2.75) is 26.1 Å². The van der Waals surface area contributed by atoms with Crippen molar-refractivity contribution >= 4 is 23.5 Å². The summed E-state index contributed by atoms with van der Waals surface area (Å²) in [6, 6.07) is 6.77. The Morgan fingerprint density at radius 3 is 2.13 bits per heavy atom. The monoisotopic (exact) mass is 418 g/mol. The normalized spacial score (nSPS) is 22.0. The first-order valence-electron chi connectivity index (χ1n) is 9.65. The lowest BCUT2D eigenvalue weighted by molar-refractivity contribution is -0.140. The lowest BCUT2D eigenvalue weighted by Crippen LogP contribution is -2.48. The molecule has 0 radical (unpaired) electrons. The van der Waals surface area contributed by atoms with Gasteiger partial charge in [0.1, 0.15) is 12.4 Å². The molecule has 3 rings (SSSR count). The van der Waals surface area contributed by atoms with Gasteiger partial charge in [-0.1, -0.05) is 0 Å². The maximum atomic E-state index is 12.9. The highest BCUT2D eigenvalue weighted by Crippen LogP contribution is 2.27. The molecule has 9 nitrogen and oxygen atoms in total. The molecule has 1 saturated heterocycles. The molecular formula is C21H26N2O7. The van der Waals surface area contributed by atoms with Crippen LogP contribution in [0.2, 0.25) is 0 Å². The predicted octanol–water partition coefficient (Wildman–Crippen LogP) is 1.33.